The van der Waals surface area contributed by atoms with Gasteiger partial charge >= 0.3 is 0 Å². The molecule has 0 aliphatic carbocycles. The minimum absolute atomic E-state index is 0.00986. The molecule has 5 heterocycles. The quantitative estimate of drug-likeness (QED) is 0.214. The molecule has 0 radical (unpaired) electrons. The van der Waals surface area contributed by atoms with E-state index in [1.807, 2.05) is 0 Å². The minimum Gasteiger partial charge on any atom is -0.361 e. The Morgan fingerprint density at radius 1 is 0.587 bits per heavy atom. The van der Waals surface area contributed by atoms with Crippen molar-refractivity contribution in [1.82, 2.24) is 9.97 Å². The second-order valence-corrected chi connectivity index (χ2v) is 12.9. The van der Waals surface area contributed by atoms with Crippen molar-refractivity contribution in [3.63, 3.8) is 0 Å². The van der Waals surface area contributed by atoms with Crippen LogP contribution >= 0.6 is 0 Å². The number of aliphatic imine (C=N–C) groups is 2. The van der Waals surface area contributed by atoms with Gasteiger partial charge in [0.05, 0.1) is 46.7 Å². The molecule has 3 aliphatic heterocycles. The average Bonchev–Trinajstić information content (AvgIpc) is 3.90. The van der Waals surface area contributed by atoms with E-state index in [2.05, 4.69) is 152 Å². The molecule has 3 aliphatic rings. The van der Waals surface area contributed by atoms with Crippen molar-refractivity contribution in [2.24, 2.45) is 9.98 Å². The average molecular weight is 603 g/mol. The third-order valence-electron chi connectivity index (χ3n) is 9.90. The maximum Gasteiger partial charge on any atom is 0.174 e. The first-order valence-corrected chi connectivity index (χ1v) is 16.1. The van der Waals surface area contributed by atoms with E-state index in [0.29, 0.717) is 0 Å². The summed E-state index contributed by atoms with van der Waals surface area (Å²) in [5.74, 6) is -0.0218. The van der Waals surface area contributed by atoms with Crippen molar-refractivity contribution in [2.75, 3.05) is 7.11 Å². The maximum absolute atomic E-state index is 6.66. The van der Waals surface area contributed by atoms with Gasteiger partial charge in [-0.3, -0.25) is 9.98 Å². The number of ether oxygens (including phenoxy) is 1. The van der Waals surface area contributed by atoms with E-state index in [1.165, 1.54) is 27.8 Å². The van der Waals surface area contributed by atoms with E-state index < -0.39 is 5.60 Å². The molecule has 5 atom stereocenters. The van der Waals surface area contributed by atoms with Crippen LogP contribution in [0.25, 0.3) is 0 Å². The number of benzene rings is 3. The van der Waals surface area contributed by atoms with Gasteiger partial charge in [0, 0.05) is 18.5 Å². The maximum atomic E-state index is 6.66. The summed E-state index contributed by atoms with van der Waals surface area (Å²) in [7, 11) is 1.79. The lowest BCUT2D eigenvalue weighted by molar-refractivity contribution is 0.0805. The third-order valence-corrected chi connectivity index (χ3v) is 9.90. The molecule has 8 bridgehead atoms. The molecule has 46 heavy (non-hydrogen) atoms. The summed E-state index contributed by atoms with van der Waals surface area (Å²) in [6, 6.07) is 34.8. The second-order valence-electron chi connectivity index (χ2n) is 12.9. The predicted molar refractivity (Wildman–Crippen MR) is 186 cm³/mol. The van der Waals surface area contributed by atoms with E-state index in [1.54, 1.807) is 7.11 Å². The van der Waals surface area contributed by atoms with Crippen LogP contribution in [0, 0.1) is 20.8 Å². The molecule has 8 rings (SSSR count). The smallest absolute Gasteiger partial charge is 0.174 e. The van der Waals surface area contributed by atoms with Gasteiger partial charge in [-0.25, -0.2) is 0 Å². The molecule has 0 saturated carbocycles. The van der Waals surface area contributed by atoms with Gasteiger partial charge in [0.25, 0.3) is 0 Å². The Balaban J connectivity index is 1.38. The first-order valence-electron chi connectivity index (χ1n) is 16.1. The first kappa shape index (κ1) is 28.5. The van der Waals surface area contributed by atoms with Crippen molar-refractivity contribution in [3.8, 4) is 0 Å². The molecular weight excluding hydrogens is 564 g/mol. The van der Waals surface area contributed by atoms with Crippen LogP contribution in [0.4, 0.5) is 0 Å². The number of nitrogens with one attached hydrogen (secondary N) is 2. The zero-order valence-electron chi connectivity index (χ0n) is 26.7. The summed E-state index contributed by atoms with van der Waals surface area (Å²) >= 11 is 0. The lowest BCUT2D eigenvalue weighted by Crippen LogP contribution is -2.38. The van der Waals surface area contributed by atoms with Crippen LogP contribution in [0.5, 0.6) is 0 Å². The number of rotatable bonds is 4. The monoisotopic (exact) mass is 602 g/mol. The van der Waals surface area contributed by atoms with Crippen molar-refractivity contribution < 1.29 is 4.74 Å². The van der Waals surface area contributed by atoms with Gasteiger partial charge in [-0.2, -0.15) is 0 Å². The van der Waals surface area contributed by atoms with E-state index in [-0.39, 0.29) is 23.9 Å². The Labute approximate surface area is 270 Å². The number of allylic oxidation sites excluding steroid dienone is 1. The summed E-state index contributed by atoms with van der Waals surface area (Å²) in [5, 5.41) is 0. The molecule has 5 nitrogen and oxygen atoms in total. The predicted octanol–water partition coefficient (Wildman–Crippen LogP) is 8.24. The highest BCUT2D eigenvalue weighted by Crippen LogP contribution is 2.42. The number of hydrogen-bond acceptors (Lipinski definition) is 3. The second kappa shape index (κ2) is 11.1. The molecule has 228 valence electrons. The van der Waals surface area contributed by atoms with Gasteiger partial charge in [0.1, 0.15) is 0 Å². The fourth-order valence-electron chi connectivity index (χ4n) is 7.38. The summed E-state index contributed by atoms with van der Waals surface area (Å²) in [6.45, 7) is 6.37. The number of fused-ring (bicyclic) bond motifs is 7. The number of H-pyrrole nitrogens is 2. The summed E-state index contributed by atoms with van der Waals surface area (Å²) in [5.41, 5.74) is 12.2. The van der Waals surface area contributed by atoms with Gasteiger partial charge in [-0.05, 0) is 73.9 Å². The molecule has 3 aromatic carbocycles. The summed E-state index contributed by atoms with van der Waals surface area (Å²) < 4.78 is 6.66. The van der Waals surface area contributed by atoms with Crippen molar-refractivity contribution >= 4 is 11.4 Å². The van der Waals surface area contributed by atoms with E-state index in [4.69, 9.17) is 14.7 Å². The zero-order chi connectivity index (χ0) is 31.4. The Morgan fingerprint density at radius 2 is 1.13 bits per heavy atom. The highest BCUT2D eigenvalue weighted by Gasteiger charge is 2.44. The molecule has 2 N–H and O–H groups in total. The van der Waals surface area contributed by atoms with Crippen LogP contribution in [0.1, 0.15) is 68.0 Å². The van der Waals surface area contributed by atoms with Gasteiger partial charge in [-0.15, -0.1) is 0 Å². The SMILES string of the molecule is COC1(c2ccc(C)cc2)C2=NC(C=C2)C(c2ccc(C)cc2)c2ccc([nH]2)C2=NC(C=C2)C(c2ccc(C)cc2)c2ccc1[nH]2. The van der Waals surface area contributed by atoms with Crippen molar-refractivity contribution in [1.29, 1.82) is 0 Å². The van der Waals surface area contributed by atoms with E-state index in [0.717, 1.165) is 39.8 Å². The number of methoxy groups -OCH3 is 1. The van der Waals surface area contributed by atoms with Gasteiger partial charge in [-0.1, -0.05) is 102 Å². The Hall–Kier alpha value is -5.00. The number of nitrogens with zero attached hydrogens (tertiary/aromatic N) is 2. The number of aryl methyl sites for hydroxylation is 3. The Bertz CT molecular complexity index is 2020. The van der Waals surface area contributed by atoms with Crippen LogP contribution in [0.2, 0.25) is 0 Å². The van der Waals surface area contributed by atoms with Crippen LogP contribution < -0.4 is 0 Å². The number of aromatic amines is 2. The number of hydrogen-bond donors (Lipinski definition) is 2. The largest absolute Gasteiger partial charge is 0.361 e. The Kier molecular flexibility index (Phi) is 6.88. The van der Waals surface area contributed by atoms with Gasteiger partial charge in [0.15, 0.2) is 5.60 Å². The Morgan fingerprint density at radius 3 is 1.76 bits per heavy atom. The molecule has 0 spiro atoms. The highest BCUT2D eigenvalue weighted by atomic mass is 16.5. The van der Waals surface area contributed by atoms with Crippen molar-refractivity contribution in [3.05, 3.63) is 178 Å². The van der Waals surface area contributed by atoms with E-state index in [9.17, 15) is 0 Å². The summed E-state index contributed by atoms with van der Waals surface area (Å²) in [6.07, 6.45) is 8.80. The fraction of sp³-hybridized carbons (Fsp3) is 0.220. The standard InChI is InChI=1S/C41H38N4O/c1-25-5-11-28(12-6-25)39-33-19-17-31(42-33)32-18-20-34(43-32)40(29-13-7-26(2)8-14-29)36-22-24-38(45-36)41(46-4,37-23-21-35(39)44-37)30-15-9-27(3)10-16-30/h5-24,33,36,39-40,43-44H,1-4H3. The molecule has 5 heteroatoms. The first-order chi connectivity index (χ1) is 22.4. The number of aromatic nitrogens is 2. The lowest BCUT2D eigenvalue weighted by atomic mass is 9.85. The molecular formula is C41H38N4O. The van der Waals surface area contributed by atoms with Crippen LogP contribution in [0.15, 0.2) is 131 Å². The normalized spacial score (nSPS) is 24.8. The molecule has 0 amide bonds. The van der Waals surface area contributed by atoms with Crippen LogP contribution in [0.3, 0.4) is 0 Å². The molecule has 5 aromatic rings. The highest BCUT2D eigenvalue weighted by molar-refractivity contribution is 6.09. The fourth-order valence-corrected chi connectivity index (χ4v) is 7.38. The molecule has 2 aromatic heterocycles. The lowest BCUT2D eigenvalue weighted by Gasteiger charge is -2.33. The molecule has 0 fully saturated rings. The molecule has 5 unspecified atom stereocenters. The van der Waals surface area contributed by atoms with Crippen LogP contribution in [-0.4, -0.2) is 40.6 Å². The zero-order valence-corrected chi connectivity index (χ0v) is 26.7. The summed E-state index contributed by atoms with van der Waals surface area (Å²) in [4.78, 5) is 18.5. The van der Waals surface area contributed by atoms with Gasteiger partial charge < -0.3 is 14.7 Å². The minimum atomic E-state index is -0.937. The van der Waals surface area contributed by atoms with Crippen molar-refractivity contribution in [2.45, 2.75) is 50.3 Å². The van der Waals surface area contributed by atoms with Crippen LogP contribution in [-0.2, 0) is 10.3 Å². The topological polar surface area (TPSA) is 65.5 Å². The third kappa shape index (κ3) is 4.65. The molecule has 0 saturated heterocycles. The van der Waals surface area contributed by atoms with Gasteiger partial charge in [0.2, 0.25) is 0 Å². The van der Waals surface area contributed by atoms with E-state index >= 15 is 0 Å².